The summed E-state index contributed by atoms with van der Waals surface area (Å²) < 4.78 is 17.2. The largest absolute Gasteiger partial charge is 0.477 e. The van der Waals surface area contributed by atoms with Crippen molar-refractivity contribution in [3.05, 3.63) is 48.6 Å². The molecule has 324 valence electrons. The minimum absolute atomic E-state index is 0.0474. The van der Waals surface area contributed by atoms with Crippen LogP contribution in [-0.4, -0.2) is 80.6 Å². The van der Waals surface area contributed by atoms with Crippen LogP contribution >= 0.6 is 0 Å². The number of nitrogens with zero attached hydrogens (tertiary/aromatic N) is 1. The minimum Gasteiger partial charge on any atom is -0.477 e. The fourth-order valence-corrected chi connectivity index (χ4v) is 6.44. The Kier molecular flexibility index (Phi) is 37.2. The molecule has 1 N–H and O–H groups in total. The molecule has 8 heteroatoms. The summed E-state index contributed by atoms with van der Waals surface area (Å²) in [6.45, 7) is 4.68. The van der Waals surface area contributed by atoms with Gasteiger partial charge >= 0.3 is 17.9 Å². The van der Waals surface area contributed by atoms with Gasteiger partial charge in [-0.2, -0.15) is 0 Å². The van der Waals surface area contributed by atoms with Crippen molar-refractivity contribution in [2.75, 3.05) is 41.0 Å². The highest BCUT2D eigenvalue weighted by Gasteiger charge is 2.31. The number of hydrogen-bond acceptors (Lipinski definition) is 6. The second-order valence-electron chi connectivity index (χ2n) is 16.4. The second-order valence-corrected chi connectivity index (χ2v) is 16.4. The van der Waals surface area contributed by atoms with E-state index >= 15 is 0 Å². The van der Waals surface area contributed by atoms with Crippen molar-refractivity contribution in [3.8, 4) is 0 Å². The predicted octanol–water partition coefficient (Wildman–Crippen LogP) is 12.4. The Morgan fingerprint density at radius 1 is 0.536 bits per heavy atom. The van der Waals surface area contributed by atoms with Crippen LogP contribution in [0.4, 0.5) is 0 Å². The summed E-state index contributed by atoms with van der Waals surface area (Å²) in [5.41, 5.74) is 0. The Morgan fingerprint density at radius 2 is 0.964 bits per heavy atom. The first-order chi connectivity index (χ1) is 27.1. The van der Waals surface area contributed by atoms with Crippen LogP contribution in [0.1, 0.15) is 187 Å². The van der Waals surface area contributed by atoms with Crippen molar-refractivity contribution in [1.29, 1.82) is 0 Å². The van der Waals surface area contributed by atoms with Crippen LogP contribution in [-0.2, 0) is 28.6 Å². The molecular formula is C48H86NO7+. The van der Waals surface area contributed by atoms with E-state index in [1.54, 1.807) is 0 Å². The molecule has 0 aromatic heterocycles. The maximum atomic E-state index is 12.7. The number of hydrogen-bond donors (Lipinski definition) is 1. The smallest absolute Gasteiger partial charge is 0.362 e. The third-order valence-corrected chi connectivity index (χ3v) is 10.0. The van der Waals surface area contributed by atoms with Gasteiger partial charge in [-0.3, -0.25) is 9.59 Å². The standard InChI is InChI=1S/C48H85NO7/c1-6-8-10-12-14-16-18-20-22-23-24-25-27-29-31-33-35-37-39-47(51)56-44(42-54-41-40-45(48(52)53)49(3,4)5)43-55-46(50)38-36-34-32-30-28-26-21-19-17-15-13-11-9-7-2/h18,20,22-26,28,44-45H,6-17,19,21,27,29-43H2,1-5H3/p+1/b20-18+,23-22+,25-24+,28-26+. The first-order valence-electron chi connectivity index (χ1n) is 22.7. The summed E-state index contributed by atoms with van der Waals surface area (Å²) in [4.78, 5) is 37.0. The molecule has 0 aliphatic rings. The lowest BCUT2D eigenvalue weighted by atomic mass is 10.1. The molecule has 0 aromatic carbocycles. The highest BCUT2D eigenvalue weighted by molar-refractivity contribution is 5.72. The van der Waals surface area contributed by atoms with Crippen molar-refractivity contribution in [3.63, 3.8) is 0 Å². The van der Waals surface area contributed by atoms with Gasteiger partial charge < -0.3 is 23.8 Å². The summed E-state index contributed by atoms with van der Waals surface area (Å²) in [5, 5.41) is 9.62. The predicted molar refractivity (Wildman–Crippen MR) is 234 cm³/mol. The van der Waals surface area contributed by atoms with Crippen molar-refractivity contribution < 1.29 is 38.2 Å². The zero-order chi connectivity index (χ0) is 41.4. The van der Waals surface area contributed by atoms with E-state index in [2.05, 4.69) is 62.5 Å². The molecule has 0 saturated carbocycles. The number of carbonyl (C=O) groups is 3. The number of quaternary nitrogens is 1. The normalized spacial score (nSPS) is 13.4. The van der Waals surface area contributed by atoms with Gasteiger partial charge in [0.1, 0.15) is 6.61 Å². The number of unbranched alkanes of at least 4 members (excludes halogenated alkanes) is 20. The monoisotopic (exact) mass is 789 g/mol. The van der Waals surface area contributed by atoms with Crippen molar-refractivity contribution in [2.24, 2.45) is 0 Å². The number of rotatable bonds is 40. The van der Waals surface area contributed by atoms with Gasteiger partial charge in [0.25, 0.3) is 0 Å². The van der Waals surface area contributed by atoms with Crippen molar-refractivity contribution in [2.45, 2.75) is 199 Å². The van der Waals surface area contributed by atoms with E-state index in [9.17, 15) is 19.5 Å². The highest BCUT2D eigenvalue weighted by atomic mass is 16.6. The molecule has 2 atom stereocenters. The van der Waals surface area contributed by atoms with Crippen molar-refractivity contribution in [1.82, 2.24) is 0 Å². The fourth-order valence-electron chi connectivity index (χ4n) is 6.44. The van der Waals surface area contributed by atoms with Crippen LogP contribution in [0.5, 0.6) is 0 Å². The summed E-state index contributed by atoms with van der Waals surface area (Å²) in [5.74, 6) is -1.51. The first-order valence-corrected chi connectivity index (χ1v) is 22.7. The lowest BCUT2D eigenvalue weighted by Gasteiger charge is -2.31. The van der Waals surface area contributed by atoms with E-state index in [-0.39, 0.29) is 36.2 Å². The van der Waals surface area contributed by atoms with Crippen LogP contribution in [0.25, 0.3) is 0 Å². The maximum Gasteiger partial charge on any atom is 0.362 e. The lowest BCUT2D eigenvalue weighted by molar-refractivity contribution is -0.887. The van der Waals surface area contributed by atoms with E-state index in [1.165, 1.54) is 77.0 Å². The molecule has 0 aliphatic heterocycles. The minimum atomic E-state index is -0.881. The Balaban J connectivity index is 4.41. The molecule has 0 fully saturated rings. The van der Waals surface area contributed by atoms with Crippen LogP contribution < -0.4 is 0 Å². The van der Waals surface area contributed by atoms with Gasteiger partial charge in [-0.1, -0.05) is 152 Å². The quantitative estimate of drug-likeness (QED) is 0.0217. The summed E-state index contributed by atoms with van der Waals surface area (Å²) >= 11 is 0. The number of carbonyl (C=O) groups excluding carboxylic acids is 2. The molecular weight excluding hydrogens is 703 g/mol. The lowest BCUT2D eigenvalue weighted by Crippen LogP contribution is -2.50. The highest BCUT2D eigenvalue weighted by Crippen LogP contribution is 2.13. The number of esters is 2. The van der Waals surface area contributed by atoms with Gasteiger partial charge in [0, 0.05) is 19.3 Å². The molecule has 0 rings (SSSR count). The number of likely N-dealkylation sites (N-methyl/N-ethyl adjacent to an activating group) is 1. The van der Waals surface area contributed by atoms with Gasteiger partial charge in [-0.15, -0.1) is 0 Å². The van der Waals surface area contributed by atoms with Crippen molar-refractivity contribution >= 4 is 17.9 Å². The molecule has 0 saturated heterocycles. The average Bonchev–Trinajstić information content (AvgIpc) is 3.15. The molecule has 56 heavy (non-hydrogen) atoms. The number of aliphatic carboxylic acids is 1. The molecule has 0 aromatic rings. The molecule has 0 amide bonds. The molecule has 0 radical (unpaired) electrons. The van der Waals surface area contributed by atoms with Gasteiger partial charge in [-0.05, 0) is 64.2 Å². The third-order valence-electron chi connectivity index (χ3n) is 10.0. The Labute approximate surface area is 344 Å². The summed E-state index contributed by atoms with van der Waals surface area (Å²) in [6, 6.07) is -0.621. The maximum absolute atomic E-state index is 12.7. The molecule has 2 unspecified atom stereocenters. The van der Waals surface area contributed by atoms with Crippen LogP contribution in [0.2, 0.25) is 0 Å². The molecule has 0 heterocycles. The number of allylic oxidation sites excluding steroid dienone is 8. The number of carboxylic acids is 1. The van der Waals surface area contributed by atoms with E-state index in [4.69, 9.17) is 14.2 Å². The molecule has 0 bridgehead atoms. The zero-order valence-electron chi connectivity index (χ0n) is 36.8. The van der Waals surface area contributed by atoms with Gasteiger partial charge in [0.15, 0.2) is 12.1 Å². The average molecular weight is 789 g/mol. The Hall–Kier alpha value is -2.71. The number of carboxylic acid groups (broad SMARTS) is 1. The topological polar surface area (TPSA) is 99.1 Å². The van der Waals surface area contributed by atoms with Gasteiger partial charge in [0.2, 0.25) is 0 Å². The SMILES string of the molecule is CCCCCCC/C=C/C=C/C=C/CCCCCCCC(=O)OC(COCCC(C(=O)O)[N+](C)(C)C)COC(=O)CCCCC/C=C/CCCCCCCCC. The van der Waals surface area contributed by atoms with E-state index < -0.39 is 18.1 Å². The van der Waals surface area contributed by atoms with E-state index in [0.29, 0.717) is 19.3 Å². The zero-order valence-corrected chi connectivity index (χ0v) is 36.8. The van der Waals surface area contributed by atoms with Gasteiger partial charge in [0.05, 0.1) is 34.4 Å². The van der Waals surface area contributed by atoms with E-state index in [1.807, 2.05) is 21.1 Å². The van der Waals surface area contributed by atoms with Crippen LogP contribution in [0.15, 0.2) is 48.6 Å². The van der Waals surface area contributed by atoms with Gasteiger partial charge in [-0.25, -0.2) is 4.79 Å². The fraction of sp³-hybridized carbons (Fsp3) is 0.771. The number of ether oxygens (including phenoxy) is 3. The first kappa shape index (κ1) is 53.3. The van der Waals surface area contributed by atoms with E-state index in [0.717, 1.165) is 77.0 Å². The third kappa shape index (κ3) is 36.9. The van der Waals surface area contributed by atoms with Crippen LogP contribution in [0, 0.1) is 0 Å². The second kappa shape index (κ2) is 39.1. The Morgan fingerprint density at radius 3 is 1.45 bits per heavy atom. The summed E-state index contributed by atoms with van der Waals surface area (Å²) in [6.07, 6.45) is 45.8. The molecule has 0 aliphatic carbocycles. The molecule has 0 spiro atoms. The Bertz CT molecular complexity index is 1060. The molecule has 8 nitrogen and oxygen atoms in total. The summed E-state index contributed by atoms with van der Waals surface area (Å²) in [7, 11) is 5.51. The van der Waals surface area contributed by atoms with Crippen LogP contribution in [0.3, 0.4) is 0 Å².